The molecule has 0 spiro atoms. The quantitative estimate of drug-likeness (QED) is 0.813. The molecule has 2 bridgehead atoms. The van der Waals surface area contributed by atoms with Crippen LogP contribution in [0.5, 0.6) is 0 Å². The van der Waals surface area contributed by atoms with Gasteiger partial charge in [-0.2, -0.15) is 0 Å². The number of amides is 1. The van der Waals surface area contributed by atoms with Crippen LogP contribution in [0.2, 0.25) is 0 Å². The van der Waals surface area contributed by atoms with Crippen molar-refractivity contribution < 1.29 is 14.7 Å². The highest BCUT2D eigenvalue weighted by Crippen LogP contribution is 2.48. The normalized spacial score (nSPS) is 29.0. The van der Waals surface area contributed by atoms with Gasteiger partial charge in [0.2, 0.25) is 5.91 Å². The molecule has 128 valence electrons. The second-order valence-corrected chi connectivity index (χ2v) is 7.39. The van der Waals surface area contributed by atoms with E-state index in [9.17, 15) is 14.7 Å². The highest BCUT2D eigenvalue weighted by Gasteiger charge is 2.51. The van der Waals surface area contributed by atoms with Crippen molar-refractivity contribution in [2.45, 2.75) is 39.2 Å². The summed E-state index contributed by atoms with van der Waals surface area (Å²) in [5.74, 6) is -1.50. The van der Waals surface area contributed by atoms with Crippen molar-refractivity contribution in [3.63, 3.8) is 0 Å². The number of carbonyl (C=O) groups excluding carboxylic acids is 1. The van der Waals surface area contributed by atoms with Crippen LogP contribution in [0, 0.1) is 23.7 Å². The van der Waals surface area contributed by atoms with E-state index < -0.39 is 17.8 Å². The lowest BCUT2D eigenvalue weighted by atomic mass is 9.82. The summed E-state index contributed by atoms with van der Waals surface area (Å²) < 4.78 is 0. The van der Waals surface area contributed by atoms with Gasteiger partial charge in [0.1, 0.15) is 0 Å². The predicted octanol–water partition coefficient (Wildman–Crippen LogP) is 3.51. The first-order valence-corrected chi connectivity index (χ1v) is 8.70. The van der Waals surface area contributed by atoms with Gasteiger partial charge in [-0.15, -0.1) is 0 Å². The molecule has 0 radical (unpaired) electrons. The monoisotopic (exact) mass is 327 g/mol. The van der Waals surface area contributed by atoms with E-state index in [1.54, 1.807) is 0 Å². The number of hydrogen-bond donors (Lipinski definition) is 2. The number of fused-ring (bicyclic) bond motifs is 2. The third-order valence-electron chi connectivity index (χ3n) is 5.51. The molecular weight excluding hydrogens is 302 g/mol. The number of benzene rings is 1. The van der Waals surface area contributed by atoms with Crippen LogP contribution in [0.15, 0.2) is 36.4 Å². The molecule has 0 unspecified atom stereocenters. The van der Waals surface area contributed by atoms with E-state index in [2.05, 4.69) is 31.3 Å². The average Bonchev–Trinajstić information content (AvgIpc) is 3.15. The van der Waals surface area contributed by atoms with Crippen LogP contribution in [0.3, 0.4) is 0 Å². The molecule has 5 atom stereocenters. The van der Waals surface area contributed by atoms with Crippen LogP contribution < -0.4 is 5.32 Å². The third kappa shape index (κ3) is 2.97. The molecule has 1 aromatic carbocycles. The Bertz CT molecular complexity index is 662. The standard InChI is InChI=1S/C20H25NO3/c1-11(2)13-4-6-14(7-5-13)12(3)21-19(22)17-15-8-9-16(10-15)18(17)20(23)24/h4-9,11-12,15-18H,10H2,1-3H3,(H,21,22)(H,23,24)/t12-,15-,16-,17-,18+/m0/s1. The Hall–Kier alpha value is -2.10. The molecule has 1 amide bonds. The molecule has 0 aliphatic heterocycles. The SMILES string of the molecule is CC(C)c1ccc([C@H](C)NC(=O)[C@@H]2[C@H](C(=O)O)[C@H]3C=C[C@H]2C3)cc1. The number of allylic oxidation sites excluding steroid dienone is 2. The zero-order valence-electron chi connectivity index (χ0n) is 14.4. The van der Waals surface area contributed by atoms with E-state index in [1.165, 1.54) is 5.56 Å². The molecule has 3 rings (SSSR count). The lowest BCUT2D eigenvalue weighted by Crippen LogP contribution is -2.41. The van der Waals surface area contributed by atoms with Crippen molar-refractivity contribution in [1.29, 1.82) is 0 Å². The van der Waals surface area contributed by atoms with Crippen molar-refractivity contribution in [2.24, 2.45) is 23.7 Å². The first-order valence-electron chi connectivity index (χ1n) is 8.70. The number of carboxylic acids is 1. The average molecular weight is 327 g/mol. The molecule has 1 saturated carbocycles. The van der Waals surface area contributed by atoms with Gasteiger partial charge in [-0.1, -0.05) is 50.3 Å². The molecule has 0 aromatic heterocycles. The van der Waals surface area contributed by atoms with Gasteiger partial charge in [0.15, 0.2) is 0 Å². The van der Waals surface area contributed by atoms with Crippen molar-refractivity contribution in [1.82, 2.24) is 5.32 Å². The van der Waals surface area contributed by atoms with Crippen LogP contribution in [0.1, 0.15) is 50.3 Å². The predicted molar refractivity (Wildman–Crippen MR) is 92.4 cm³/mol. The largest absolute Gasteiger partial charge is 0.481 e. The molecule has 2 aliphatic carbocycles. The highest BCUT2D eigenvalue weighted by molar-refractivity contribution is 5.87. The molecule has 2 N–H and O–H groups in total. The Labute approximate surface area is 143 Å². The summed E-state index contributed by atoms with van der Waals surface area (Å²) in [5.41, 5.74) is 2.31. The van der Waals surface area contributed by atoms with Crippen LogP contribution in [-0.2, 0) is 9.59 Å². The number of nitrogens with one attached hydrogen (secondary N) is 1. The maximum atomic E-state index is 12.7. The zero-order valence-corrected chi connectivity index (χ0v) is 14.4. The minimum Gasteiger partial charge on any atom is -0.481 e. The molecule has 0 saturated heterocycles. The van der Waals surface area contributed by atoms with E-state index in [4.69, 9.17) is 0 Å². The fourth-order valence-corrected chi connectivity index (χ4v) is 4.08. The van der Waals surface area contributed by atoms with Crippen LogP contribution >= 0.6 is 0 Å². The molecule has 1 fully saturated rings. The minimum atomic E-state index is -0.860. The first-order chi connectivity index (χ1) is 11.4. The number of rotatable bonds is 5. The molecule has 2 aliphatic rings. The summed E-state index contributed by atoms with van der Waals surface area (Å²) in [6.45, 7) is 6.24. The summed E-state index contributed by atoms with van der Waals surface area (Å²) in [4.78, 5) is 24.3. The van der Waals surface area contributed by atoms with Gasteiger partial charge in [0.05, 0.1) is 17.9 Å². The fraction of sp³-hybridized carbons (Fsp3) is 0.500. The van der Waals surface area contributed by atoms with Crippen LogP contribution in [-0.4, -0.2) is 17.0 Å². The molecule has 4 nitrogen and oxygen atoms in total. The number of carbonyl (C=O) groups is 2. The van der Waals surface area contributed by atoms with E-state index in [1.807, 2.05) is 31.2 Å². The minimum absolute atomic E-state index is 0.00359. The Morgan fingerprint density at radius 1 is 1.00 bits per heavy atom. The summed E-state index contributed by atoms with van der Waals surface area (Å²) in [6.07, 6.45) is 4.75. The smallest absolute Gasteiger partial charge is 0.307 e. The fourth-order valence-electron chi connectivity index (χ4n) is 4.08. The van der Waals surface area contributed by atoms with Gasteiger partial charge < -0.3 is 10.4 Å². The van der Waals surface area contributed by atoms with Crippen molar-refractivity contribution in [3.8, 4) is 0 Å². The molecule has 24 heavy (non-hydrogen) atoms. The van der Waals surface area contributed by atoms with E-state index in [0.717, 1.165) is 12.0 Å². The summed E-state index contributed by atoms with van der Waals surface area (Å²) in [6, 6.07) is 8.12. The van der Waals surface area contributed by atoms with Crippen molar-refractivity contribution in [3.05, 3.63) is 47.5 Å². The van der Waals surface area contributed by atoms with Crippen molar-refractivity contribution >= 4 is 11.9 Å². The van der Waals surface area contributed by atoms with Crippen LogP contribution in [0.25, 0.3) is 0 Å². The van der Waals surface area contributed by atoms with E-state index in [0.29, 0.717) is 5.92 Å². The highest BCUT2D eigenvalue weighted by atomic mass is 16.4. The Morgan fingerprint density at radius 2 is 1.54 bits per heavy atom. The summed E-state index contributed by atoms with van der Waals surface area (Å²) >= 11 is 0. The second kappa shape index (κ2) is 6.42. The van der Waals surface area contributed by atoms with Gasteiger partial charge in [-0.3, -0.25) is 9.59 Å². The lowest BCUT2D eigenvalue weighted by Gasteiger charge is -2.26. The van der Waals surface area contributed by atoms with Crippen LogP contribution in [0.4, 0.5) is 0 Å². The molecule has 0 heterocycles. The van der Waals surface area contributed by atoms with Gasteiger partial charge in [0, 0.05) is 0 Å². The number of aliphatic carboxylic acids is 1. The number of hydrogen-bond acceptors (Lipinski definition) is 2. The molecular formula is C20H25NO3. The maximum absolute atomic E-state index is 12.7. The van der Waals surface area contributed by atoms with Gasteiger partial charge in [-0.05, 0) is 42.2 Å². The van der Waals surface area contributed by atoms with E-state index in [-0.39, 0.29) is 23.8 Å². The second-order valence-electron chi connectivity index (χ2n) is 7.39. The Morgan fingerprint density at radius 3 is 2.08 bits per heavy atom. The van der Waals surface area contributed by atoms with Crippen molar-refractivity contribution in [2.75, 3.05) is 0 Å². The first kappa shape index (κ1) is 16.7. The zero-order chi connectivity index (χ0) is 17.4. The lowest BCUT2D eigenvalue weighted by molar-refractivity contribution is -0.148. The molecule has 4 heteroatoms. The van der Waals surface area contributed by atoms with Gasteiger partial charge in [0.25, 0.3) is 0 Å². The Balaban J connectivity index is 1.70. The topological polar surface area (TPSA) is 66.4 Å². The molecule has 1 aromatic rings. The van der Waals surface area contributed by atoms with Gasteiger partial charge in [-0.25, -0.2) is 0 Å². The summed E-state index contributed by atoms with van der Waals surface area (Å²) in [5, 5.41) is 12.5. The third-order valence-corrected chi connectivity index (χ3v) is 5.51. The van der Waals surface area contributed by atoms with Gasteiger partial charge >= 0.3 is 5.97 Å². The summed E-state index contributed by atoms with van der Waals surface area (Å²) in [7, 11) is 0. The Kier molecular flexibility index (Phi) is 4.48. The maximum Gasteiger partial charge on any atom is 0.307 e. The van der Waals surface area contributed by atoms with E-state index >= 15 is 0 Å². The number of carboxylic acid groups (broad SMARTS) is 1.